The van der Waals surface area contributed by atoms with Crippen LogP contribution >= 0.6 is 12.2 Å². The van der Waals surface area contributed by atoms with Gasteiger partial charge in [-0.1, -0.05) is 26.1 Å². The van der Waals surface area contributed by atoms with Crippen molar-refractivity contribution in [2.24, 2.45) is 11.7 Å². The number of esters is 1. The van der Waals surface area contributed by atoms with Crippen LogP contribution in [0.3, 0.4) is 0 Å². The minimum atomic E-state index is -3.97. The van der Waals surface area contributed by atoms with E-state index in [-0.39, 0.29) is 14.8 Å². The first-order chi connectivity index (χ1) is 13.6. The zero-order valence-corrected chi connectivity index (χ0v) is 15.2. The first-order valence-corrected chi connectivity index (χ1v) is 8.23. The molecule has 12 heteroatoms. The van der Waals surface area contributed by atoms with E-state index in [0.29, 0.717) is 0 Å². The van der Waals surface area contributed by atoms with E-state index in [9.17, 15) is 24.9 Å². The van der Waals surface area contributed by atoms with Crippen molar-refractivity contribution in [3.05, 3.63) is 26.9 Å². The van der Waals surface area contributed by atoms with E-state index in [1.807, 2.05) is 0 Å². The summed E-state index contributed by atoms with van der Waals surface area (Å²) >= 11 is 4.81. The van der Waals surface area contributed by atoms with E-state index in [2.05, 4.69) is 9.72 Å². The number of hydrogen-bond acceptors (Lipinski definition) is 9. The third kappa shape index (κ3) is 4.25. The van der Waals surface area contributed by atoms with Crippen LogP contribution in [0.4, 0.5) is 4.39 Å². The van der Waals surface area contributed by atoms with Crippen LogP contribution in [-0.2, 0) is 20.9 Å². The quantitative estimate of drug-likeness (QED) is 0.288. The van der Waals surface area contributed by atoms with Gasteiger partial charge in [0.05, 0.1) is 10.7 Å². The van der Waals surface area contributed by atoms with Crippen LogP contribution in [0.2, 0.25) is 0 Å². The van der Waals surface area contributed by atoms with Gasteiger partial charge < -0.3 is 30.5 Å². The fourth-order valence-electron chi connectivity index (χ4n) is 2.13. The number of ether oxygens (including phenoxy) is 2. The lowest BCUT2D eigenvalue weighted by atomic mass is 10.1. The highest BCUT2D eigenvalue weighted by Gasteiger charge is 2.57. The normalized spacial score (nSPS) is 34.0. The molecule has 1 aliphatic rings. The molecule has 1 saturated heterocycles. The van der Waals surface area contributed by atoms with Gasteiger partial charge in [-0.05, 0) is 5.92 Å². The van der Waals surface area contributed by atoms with Crippen LogP contribution in [0.15, 0.2) is 11.0 Å². The Morgan fingerprint density at radius 1 is 1.67 bits per heavy atom. The number of aliphatic hydroxyl groups excluding tert-OH is 3. The van der Waals surface area contributed by atoms with Crippen LogP contribution in [0, 0.1) is 10.6 Å². The largest absolute Gasteiger partial charge is 0.458 e. The minimum Gasteiger partial charge on any atom is -0.458 e. The van der Waals surface area contributed by atoms with Crippen LogP contribution in [0.25, 0.3) is 0 Å². The van der Waals surface area contributed by atoms with Crippen molar-refractivity contribution in [3.8, 4) is 0 Å². The summed E-state index contributed by atoms with van der Waals surface area (Å²) in [5, 5.41) is 29.7. The number of nitrogens with zero attached hydrogens (tertiary/aromatic N) is 1. The molecule has 152 valence electrons. The number of carbonyl (C=O) groups excluding carboxylic acids is 1. The summed E-state index contributed by atoms with van der Waals surface area (Å²) in [6.07, 6.45) is -7.62. The van der Waals surface area contributed by atoms with E-state index in [1.165, 1.54) is 13.8 Å². The average molecular weight is 410 g/mol. The van der Waals surface area contributed by atoms with Gasteiger partial charge in [0.25, 0.3) is 5.85 Å². The number of nitrogens with one attached hydrogen (secondary N) is 1. The lowest BCUT2D eigenvalue weighted by Gasteiger charge is -2.24. The fraction of sp³-hybridized carbons (Fsp3) is 0.667. The van der Waals surface area contributed by atoms with Crippen LogP contribution in [0.1, 0.15) is 29.7 Å². The van der Waals surface area contributed by atoms with Crippen molar-refractivity contribution in [2.45, 2.75) is 50.8 Å². The van der Waals surface area contributed by atoms with Crippen LogP contribution < -0.4 is 11.4 Å². The predicted octanol–water partition coefficient (Wildman–Crippen LogP) is -1.16. The van der Waals surface area contributed by atoms with Gasteiger partial charge in [-0.15, -0.1) is 0 Å². The van der Waals surface area contributed by atoms with Crippen LogP contribution in [0.5, 0.6) is 0 Å². The number of alkyl halides is 1. The number of nitrogens with two attached hydrogens (primary N) is 1. The first kappa shape index (κ1) is 17.4. The molecule has 1 fully saturated rings. The number of halogens is 1. The topological polar surface area (TPSA) is 160 Å². The zero-order valence-electron chi connectivity index (χ0n) is 17.4. The number of rotatable bonds is 6. The molecule has 27 heavy (non-hydrogen) atoms. The molecule has 2 rings (SSSR count). The molecule has 0 aliphatic carbocycles. The van der Waals surface area contributed by atoms with Crippen molar-refractivity contribution in [1.82, 2.24) is 9.55 Å². The molecule has 0 bridgehead atoms. The summed E-state index contributed by atoms with van der Waals surface area (Å²) in [6, 6.07) is -1.34. The van der Waals surface area contributed by atoms with E-state index in [4.69, 9.17) is 26.8 Å². The maximum absolute atomic E-state index is 15.5. The van der Waals surface area contributed by atoms with Crippen LogP contribution in [-0.4, -0.2) is 61.5 Å². The Kier molecular flexibility index (Phi) is 5.24. The molecule has 0 amide bonds. The third-order valence-electron chi connectivity index (χ3n) is 3.89. The van der Waals surface area contributed by atoms with Crippen molar-refractivity contribution >= 4 is 18.2 Å². The molecular weight excluding hydrogens is 385 g/mol. The van der Waals surface area contributed by atoms with Gasteiger partial charge in [0.2, 0.25) is 0 Å². The lowest BCUT2D eigenvalue weighted by molar-refractivity contribution is -0.217. The molecule has 0 radical (unpaired) electrons. The second-order valence-corrected chi connectivity index (χ2v) is 6.62. The van der Waals surface area contributed by atoms with E-state index >= 15 is 4.39 Å². The first-order valence-electron chi connectivity index (χ1n) is 9.32. The van der Waals surface area contributed by atoms with Crippen molar-refractivity contribution in [3.63, 3.8) is 0 Å². The van der Waals surface area contributed by atoms with Crippen molar-refractivity contribution < 1.29 is 38.1 Å². The highest BCUT2D eigenvalue weighted by Crippen LogP contribution is 2.38. The number of H-pyrrole nitrogens is 1. The maximum atomic E-state index is 15.5. The maximum Gasteiger partial charge on any atom is 0.328 e. The number of aliphatic hydroxyl groups is 3. The molecule has 0 unspecified atom stereocenters. The number of hydrogen-bond donors (Lipinski definition) is 5. The Morgan fingerprint density at radius 2 is 2.30 bits per heavy atom. The van der Waals surface area contributed by atoms with Crippen molar-refractivity contribution in [1.29, 1.82) is 0 Å². The highest BCUT2D eigenvalue weighted by molar-refractivity contribution is 7.71. The molecular formula is C15H22FN3O7S. The Balaban J connectivity index is 2.50. The van der Waals surface area contributed by atoms with Gasteiger partial charge in [0, 0.05) is 11.8 Å². The molecule has 0 spiro atoms. The Bertz CT molecular complexity index is 945. The predicted molar refractivity (Wildman–Crippen MR) is 91.6 cm³/mol. The zero-order chi connectivity index (χ0) is 23.2. The molecule has 10 nitrogen and oxygen atoms in total. The molecule has 2 heterocycles. The van der Waals surface area contributed by atoms with E-state index in [0.717, 1.165) is 6.20 Å². The summed E-state index contributed by atoms with van der Waals surface area (Å²) in [6.45, 7) is -1.37. The number of aromatic nitrogens is 2. The highest BCUT2D eigenvalue weighted by atomic mass is 32.1. The van der Waals surface area contributed by atoms with Gasteiger partial charge in [-0.2, -0.15) is 0 Å². The second-order valence-electron chi connectivity index (χ2n) is 6.21. The minimum absolute atomic E-state index is 0.102. The molecule has 0 saturated carbocycles. The summed E-state index contributed by atoms with van der Waals surface area (Å²) in [5.74, 6) is -5.82. The number of carbonyl (C=O) groups is 1. The summed E-state index contributed by atoms with van der Waals surface area (Å²) in [7, 11) is 0. The third-order valence-corrected chi connectivity index (χ3v) is 4.25. The lowest BCUT2D eigenvalue weighted by Crippen LogP contribution is -2.46. The Morgan fingerprint density at radius 3 is 2.85 bits per heavy atom. The summed E-state index contributed by atoms with van der Waals surface area (Å²) < 4.78 is 48.5. The fourth-order valence-corrected chi connectivity index (χ4v) is 2.34. The number of aromatic amines is 1. The average Bonchev–Trinajstić information content (AvgIpc) is 2.82. The van der Waals surface area contributed by atoms with Gasteiger partial charge in [0.15, 0.2) is 12.8 Å². The summed E-state index contributed by atoms with van der Waals surface area (Å²) in [4.78, 5) is 26.3. The SMILES string of the molecule is [2H]C([2H])(OC(=O)[C@@H](N)C(C)C)[C@@]1(F)O[C@@]([2H])(n2cc(CO)c(=S)[nH]c2=O)[C@H](O)[C@@H]1O. The van der Waals surface area contributed by atoms with Gasteiger partial charge in [0.1, 0.15) is 22.9 Å². The van der Waals surface area contributed by atoms with Gasteiger partial charge >= 0.3 is 11.7 Å². The molecule has 1 aliphatic heterocycles. The molecule has 6 N–H and O–H groups in total. The Labute approximate surface area is 162 Å². The standard InChI is InChI=1S/C15H22FN3O7S/c1-6(2)8(17)13(23)25-5-15(16)10(22)9(21)12(26-15)19-3-7(4-20)11(27)18-14(19)24/h3,6,8-10,12,20-22H,4-5,17H2,1-2H3,(H,18,24,27)/t8-,9+,10-,12+,15+/m0/s1/i5D2,12D. The molecule has 5 atom stereocenters. The van der Waals surface area contributed by atoms with E-state index in [1.54, 1.807) is 0 Å². The molecule has 1 aromatic heterocycles. The van der Waals surface area contributed by atoms with Gasteiger partial charge in [-0.25, -0.2) is 9.18 Å². The van der Waals surface area contributed by atoms with Gasteiger partial charge in [-0.3, -0.25) is 14.3 Å². The second kappa shape index (κ2) is 8.12. The monoisotopic (exact) mass is 410 g/mol. The molecule has 1 aromatic rings. The molecule has 0 aromatic carbocycles. The smallest absolute Gasteiger partial charge is 0.328 e. The van der Waals surface area contributed by atoms with Crippen molar-refractivity contribution in [2.75, 3.05) is 6.56 Å². The summed E-state index contributed by atoms with van der Waals surface area (Å²) in [5.41, 5.74) is 4.26. The van der Waals surface area contributed by atoms with E-state index < -0.39 is 61.1 Å². The Hall–Kier alpha value is -1.70.